The van der Waals surface area contributed by atoms with Crippen molar-refractivity contribution in [2.24, 2.45) is 5.92 Å². The summed E-state index contributed by atoms with van der Waals surface area (Å²) in [6.07, 6.45) is 3.19. The van der Waals surface area contributed by atoms with Crippen LogP contribution in [0.25, 0.3) is 11.6 Å². The van der Waals surface area contributed by atoms with Crippen molar-refractivity contribution in [3.05, 3.63) is 12.2 Å². The van der Waals surface area contributed by atoms with E-state index in [4.69, 9.17) is 4.52 Å². The smallest absolute Gasteiger partial charge is 0.244 e. The third-order valence-corrected chi connectivity index (χ3v) is 4.48. The number of H-pyrrole nitrogens is 1. The molecule has 1 saturated heterocycles. The van der Waals surface area contributed by atoms with Crippen LogP contribution in [-0.2, 0) is 4.79 Å². The fourth-order valence-corrected chi connectivity index (χ4v) is 3.10. The number of nitrogens with one attached hydrogen (secondary N) is 2. The van der Waals surface area contributed by atoms with Gasteiger partial charge < -0.3 is 9.42 Å². The van der Waals surface area contributed by atoms with Crippen molar-refractivity contribution < 1.29 is 9.32 Å². The van der Waals surface area contributed by atoms with Gasteiger partial charge in [-0.05, 0) is 32.6 Å². The first kappa shape index (κ1) is 17.5. The molecule has 9 heteroatoms. The van der Waals surface area contributed by atoms with Crippen LogP contribution >= 0.6 is 0 Å². The summed E-state index contributed by atoms with van der Waals surface area (Å²) in [6.45, 7) is 9.02. The van der Waals surface area contributed by atoms with E-state index in [1.807, 2.05) is 18.7 Å². The first-order valence-electron chi connectivity index (χ1n) is 8.73. The molecule has 1 amide bonds. The molecule has 2 aromatic heterocycles. The van der Waals surface area contributed by atoms with Crippen molar-refractivity contribution in [2.45, 2.75) is 58.7 Å². The Morgan fingerprint density at radius 2 is 2.16 bits per heavy atom. The standard InChI is InChI=1S/C16H25N7O2/c1-9(2)12(15-20-14(22-25-15)13-17-8-18-21-13)19-11-6-5-7-23(10(3)4)16(11)24/h8-12,19H,5-7H2,1-4H3,(H,17,18,21)/t11-,12-/m1/s1. The normalized spacial score (nSPS) is 19.8. The molecule has 136 valence electrons. The number of likely N-dealkylation sites (tertiary alicyclic amines) is 1. The predicted octanol–water partition coefficient (Wildman–Crippen LogP) is 1.54. The molecule has 0 aromatic carbocycles. The van der Waals surface area contributed by atoms with Crippen LogP contribution in [0.5, 0.6) is 0 Å². The fraction of sp³-hybridized carbons (Fsp3) is 0.688. The number of hydrogen-bond acceptors (Lipinski definition) is 7. The number of nitrogens with zero attached hydrogens (tertiary/aromatic N) is 5. The lowest BCUT2D eigenvalue weighted by Crippen LogP contribution is -2.54. The molecular formula is C16H25N7O2. The van der Waals surface area contributed by atoms with Gasteiger partial charge in [-0.2, -0.15) is 10.1 Å². The number of rotatable bonds is 6. The highest BCUT2D eigenvalue weighted by Crippen LogP contribution is 2.25. The average molecular weight is 347 g/mol. The molecule has 0 saturated carbocycles. The molecule has 0 unspecified atom stereocenters. The molecule has 3 heterocycles. The van der Waals surface area contributed by atoms with Crippen molar-refractivity contribution in [3.63, 3.8) is 0 Å². The van der Waals surface area contributed by atoms with E-state index < -0.39 is 0 Å². The van der Waals surface area contributed by atoms with E-state index in [9.17, 15) is 4.79 Å². The molecular weight excluding hydrogens is 322 g/mol. The number of carbonyl (C=O) groups excluding carboxylic acids is 1. The zero-order valence-electron chi connectivity index (χ0n) is 15.1. The van der Waals surface area contributed by atoms with Gasteiger partial charge in [0, 0.05) is 12.6 Å². The van der Waals surface area contributed by atoms with E-state index in [1.165, 1.54) is 6.33 Å². The number of piperidine rings is 1. The monoisotopic (exact) mass is 347 g/mol. The van der Waals surface area contributed by atoms with Crippen molar-refractivity contribution in [2.75, 3.05) is 6.54 Å². The Kier molecular flexibility index (Phi) is 5.12. The van der Waals surface area contributed by atoms with E-state index >= 15 is 0 Å². The van der Waals surface area contributed by atoms with Crippen LogP contribution in [0.15, 0.2) is 10.9 Å². The van der Waals surface area contributed by atoms with Gasteiger partial charge in [-0.15, -0.1) is 0 Å². The summed E-state index contributed by atoms with van der Waals surface area (Å²) in [7, 11) is 0. The molecule has 0 radical (unpaired) electrons. The number of amides is 1. The van der Waals surface area contributed by atoms with Crippen molar-refractivity contribution >= 4 is 5.91 Å². The van der Waals surface area contributed by atoms with Gasteiger partial charge in [-0.3, -0.25) is 15.2 Å². The van der Waals surface area contributed by atoms with Gasteiger partial charge in [0.05, 0.1) is 12.1 Å². The highest BCUT2D eigenvalue weighted by molar-refractivity contribution is 5.82. The minimum Gasteiger partial charge on any atom is -0.339 e. The number of aromatic amines is 1. The van der Waals surface area contributed by atoms with E-state index in [2.05, 4.69) is 44.5 Å². The highest BCUT2D eigenvalue weighted by Gasteiger charge is 2.34. The third kappa shape index (κ3) is 3.71. The van der Waals surface area contributed by atoms with Crippen LogP contribution in [0.4, 0.5) is 0 Å². The molecule has 0 bridgehead atoms. The van der Waals surface area contributed by atoms with Crippen LogP contribution < -0.4 is 5.32 Å². The maximum atomic E-state index is 12.7. The number of aromatic nitrogens is 5. The molecule has 9 nitrogen and oxygen atoms in total. The minimum atomic E-state index is -0.232. The van der Waals surface area contributed by atoms with E-state index in [0.717, 1.165) is 19.4 Å². The van der Waals surface area contributed by atoms with Gasteiger partial charge in [0.15, 0.2) is 5.82 Å². The quantitative estimate of drug-likeness (QED) is 0.815. The lowest BCUT2D eigenvalue weighted by atomic mass is 9.98. The first-order chi connectivity index (χ1) is 12.0. The molecule has 0 spiro atoms. The van der Waals surface area contributed by atoms with Gasteiger partial charge in [0.2, 0.25) is 17.6 Å². The summed E-state index contributed by atoms with van der Waals surface area (Å²) in [5.41, 5.74) is 0. The average Bonchev–Trinajstić information content (AvgIpc) is 3.24. The SMILES string of the molecule is CC(C)[C@@H](N[C@@H]1CCCN(C(C)C)C1=O)c1nc(-c2ncn[nH]2)no1. The first-order valence-corrected chi connectivity index (χ1v) is 8.73. The van der Waals surface area contributed by atoms with E-state index in [1.54, 1.807) is 0 Å². The molecule has 3 rings (SSSR count). The molecule has 2 atom stereocenters. The fourth-order valence-electron chi connectivity index (χ4n) is 3.10. The lowest BCUT2D eigenvalue weighted by Gasteiger charge is -2.37. The second kappa shape index (κ2) is 7.30. The Morgan fingerprint density at radius 1 is 1.36 bits per heavy atom. The minimum absolute atomic E-state index is 0.141. The van der Waals surface area contributed by atoms with Crippen LogP contribution in [0, 0.1) is 5.92 Å². The lowest BCUT2D eigenvalue weighted by molar-refractivity contribution is -0.138. The van der Waals surface area contributed by atoms with Crippen LogP contribution in [0.3, 0.4) is 0 Å². The van der Waals surface area contributed by atoms with E-state index in [-0.39, 0.29) is 30.0 Å². The largest absolute Gasteiger partial charge is 0.339 e. The van der Waals surface area contributed by atoms with Crippen molar-refractivity contribution in [3.8, 4) is 11.6 Å². The summed E-state index contributed by atoms with van der Waals surface area (Å²) in [5.74, 6) is 1.60. The Balaban J connectivity index is 1.77. The third-order valence-electron chi connectivity index (χ3n) is 4.48. The maximum Gasteiger partial charge on any atom is 0.244 e. The summed E-state index contributed by atoms with van der Waals surface area (Å²) >= 11 is 0. The van der Waals surface area contributed by atoms with Crippen LogP contribution in [-0.4, -0.2) is 54.8 Å². The second-order valence-electron chi connectivity index (χ2n) is 7.00. The van der Waals surface area contributed by atoms with Gasteiger partial charge in [0.25, 0.3) is 0 Å². The van der Waals surface area contributed by atoms with Crippen molar-refractivity contribution in [1.82, 2.24) is 35.5 Å². The van der Waals surface area contributed by atoms with Gasteiger partial charge in [-0.25, -0.2) is 4.98 Å². The Morgan fingerprint density at radius 3 is 2.80 bits per heavy atom. The zero-order valence-corrected chi connectivity index (χ0v) is 15.1. The number of hydrogen-bond donors (Lipinski definition) is 2. The second-order valence-corrected chi connectivity index (χ2v) is 7.00. The van der Waals surface area contributed by atoms with E-state index in [0.29, 0.717) is 17.5 Å². The molecule has 2 N–H and O–H groups in total. The van der Waals surface area contributed by atoms with Gasteiger partial charge in [0.1, 0.15) is 6.33 Å². The molecule has 1 fully saturated rings. The summed E-state index contributed by atoms with van der Waals surface area (Å²) in [5, 5.41) is 13.9. The Bertz CT molecular complexity index is 695. The molecule has 25 heavy (non-hydrogen) atoms. The van der Waals surface area contributed by atoms with Crippen LogP contribution in [0.2, 0.25) is 0 Å². The summed E-state index contributed by atoms with van der Waals surface area (Å²) in [4.78, 5) is 23.1. The zero-order chi connectivity index (χ0) is 18.0. The molecule has 0 aliphatic carbocycles. The number of carbonyl (C=O) groups is 1. The molecule has 1 aliphatic heterocycles. The highest BCUT2D eigenvalue weighted by atomic mass is 16.5. The van der Waals surface area contributed by atoms with Gasteiger partial charge in [-0.1, -0.05) is 19.0 Å². The van der Waals surface area contributed by atoms with Crippen LogP contribution in [0.1, 0.15) is 52.5 Å². The summed E-state index contributed by atoms with van der Waals surface area (Å²) < 4.78 is 5.43. The topological polar surface area (TPSA) is 113 Å². The molecule has 2 aromatic rings. The van der Waals surface area contributed by atoms with Gasteiger partial charge >= 0.3 is 0 Å². The van der Waals surface area contributed by atoms with Crippen molar-refractivity contribution in [1.29, 1.82) is 0 Å². The maximum absolute atomic E-state index is 12.7. The Hall–Kier alpha value is -2.29. The predicted molar refractivity (Wildman–Crippen MR) is 90.3 cm³/mol. The molecule has 1 aliphatic rings. The summed E-state index contributed by atoms with van der Waals surface area (Å²) in [6, 6.07) is -0.231. The Labute approximate surface area is 146 Å².